The first-order chi connectivity index (χ1) is 6.38. The smallest absolute Gasteiger partial charge is 0.305 e. The maximum atomic E-state index is 11.2. The third kappa shape index (κ3) is 1.87. The molecule has 0 aromatic heterocycles. The van der Waals surface area contributed by atoms with Crippen LogP contribution < -0.4 is 5.32 Å². The van der Waals surface area contributed by atoms with E-state index < -0.39 is 11.6 Å². The Labute approximate surface area is 82.4 Å². The van der Waals surface area contributed by atoms with Gasteiger partial charge >= 0.3 is 5.97 Å². The number of carbonyl (C=O) groups excluding carboxylic acids is 1. The van der Waals surface area contributed by atoms with Crippen LogP contribution in [-0.2, 0) is 14.3 Å². The van der Waals surface area contributed by atoms with Gasteiger partial charge in [-0.25, -0.2) is 0 Å². The zero-order valence-corrected chi connectivity index (χ0v) is 8.53. The van der Waals surface area contributed by atoms with Crippen molar-refractivity contribution >= 4 is 11.9 Å². The maximum absolute atomic E-state index is 11.2. The van der Waals surface area contributed by atoms with Gasteiger partial charge in [0.2, 0.25) is 5.91 Å². The molecule has 0 radical (unpaired) electrons. The average Bonchev–Trinajstić information content (AvgIpc) is 2.01. The van der Waals surface area contributed by atoms with E-state index in [0.717, 1.165) is 0 Å². The molecular weight excluding hydrogens is 186 g/mol. The lowest BCUT2D eigenvalue weighted by Crippen LogP contribution is -2.66. The molecule has 1 heterocycles. The van der Waals surface area contributed by atoms with Crippen LogP contribution in [0.25, 0.3) is 0 Å². The SMILES string of the molecule is COC(C)(C)[C@H]1C(=O)N[C@@H]1CC(=O)O. The summed E-state index contributed by atoms with van der Waals surface area (Å²) < 4.78 is 5.17. The molecule has 0 unspecified atom stereocenters. The Kier molecular flexibility index (Phi) is 2.80. The monoisotopic (exact) mass is 201 g/mol. The van der Waals surface area contributed by atoms with Crippen LogP contribution in [0.2, 0.25) is 0 Å². The first-order valence-corrected chi connectivity index (χ1v) is 4.46. The minimum atomic E-state index is -0.910. The van der Waals surface area contributed by atoms with Gasteiger partial charge in [-0.05, 0) is 13.8 Å². The predicted molar refractivity (Wildman–Crippen MR) is 48.8 cm³/mol. The number of hydrogen-bond donors (Lipinski definition) is 2. The molecule has 1 aliphatic heterocycles. The van der Waals surface area contributed by atoms with Crippen molar-refractivity contribution in [3.63, 3.8) is 0 Å². The van der Waals surface area contributed by atoms with E-state index >= 15 is 0 Å². The Bertz CT molecular complexity index is 262. The summed E-state index contributed by atoms with van der Waals surface area (Å²) in [6.45, 7) is 3.57. The zero-order chi connectivity index (χ0) is 10.9. The van der Waals surface area contributed by atoms with Gasteiger partial charge in [-0.15, -0.1) is 0 Å². The summed E-state index contributed by atoms with van der Waals surface area (Å²) in [5, 5.41) is 11.2. The first kappa shape index (κ1) is 11.0. The highest BCUT2D eigenvalue weighted by Crippen LogP contribution is 2.31. The van der Waals surface area contributed by atoms with Crippen LogP contribution in [0.1, 0.15) is 20.3 Å². The van der Waals surface area contributed by atoms with E-state index in [2.05, 4.69) is 5.32 Å². The number of amides is 1. The van der Waals surface area contributed by atoms with Crippen LogP contribution in [0.3, 0.4) is 0 Å². The Morgan fingerprint density at radius 3 is 2.57 bits per heavy atom. The summed E-state index contributed by atoms with van der Waals surface area (Å²) in [5.41, 5.74) is -0.609. The number of nitrogens with one attached hydrogen (secondary N) is 1. The molecule has 14 heavy (non-hydrogen) atoms. The topological polar surface area (TPSA) is 75.6 Å². The molecule has 2 N–H and O–H groups in total. The largest absolute Gasteiger partial charge is 0.481 e. The van der Waals surface area contributed by atoms with Gasteiger partial charge in [0.1, 0.15) is 0 Å². The van der Waals surface area contributed by atoms with E-state index in [1.54, 1.807) is 13.8 Å². The Morgan fingerprint density at radius 1 is 1.64 bits per heavy atom. The number of methoxy groups -OCH3 is 1. The van der Waals surface area contributed by atoms with Gasteiger partial charge in [0.05, 0.1) is 24.0 Å². The number of ether oxygens (including phenoxy) is 1. The first-order valence-electron chi connectivity index (χ1n) is 4.46. The molecule has 0 spiro atoms. The van der Waals surface area contributed by atoms with Crippen LogP contribution in [0.15, 0.2) is 0 Å². The molecule has 0 saturated carbocycles. The normalized spacial score (nSPS) is 26.6. The lowest BCUT2D eigenvalue weighted by molar-refractivity contribution is -0.154. The molecule has 5 heteroatoms. The van der Waals surface area contributed by atoms with E-state index in [0.29, 0.717) is 0 Å². The van der Waals surface area contributed by atoms with Gasteiger partial charge in [0, 0.05) is 7.11 Å². The lowest BCUT2D eigenvalue weighted by atomic mass is 9.76. The second-order valence-electron chi connectivity index (χ2n) is 4.00. The fourth-order valence-corrected chi connectivity index (χ4v) is 1.73. The van der Waals surface area contributed by atoms with Crippen LogP contribution in [0.4, 0.5) is 0 Å². The third-order valence-electron chi connectivity index (χ3n) is 2.68. The van der Waals surface area contributed by atoms with E-state index in [1.807, 2.05) is 0 Å². The molecule has 0 aromatic carbocycles. The summed E-state index contributed by atoms with van der Waals surface area (Å²) in [6.07, 6.45) is -0.0524. The second-order valence-corrected chi connectivity index (χ2v) is 4.00. The number of carboxylic acids is 1. The number of carbonyl (C=O) groups is 2. The van der Waals surface area contributed by atoms with E-state index in [1.165, 1.54) is 7.11 Å². The molecule has 0 aliphatic carbocycles. The fraction of sp³-hybridized carbons (Fsp3) is 0.778. The van der Waals surface area contributed by atoms with Crippen molar-refractivity contribution in [3.05, 3.63) is 0 Å². The lowest BCUT2D eigenvalue weighted by Gasteiger charge is -2.44. The van der Waals surface area contributed by atoms with Crippen LogP contribution >= 0.6 is 0 Å². The highest BCUT2D eigenvalue weighted by atomic mass is 16.5. The summed E-state index contributed by atoms with van der Waals surface area (Å²) in [7, 11) is 1.52. The van der Waals surface area contributed by atoms with Gasteiger partial charge in [0.25, 0.3) is 0 Å². The minimum Gasteiger partial charge on any atom is -0.481 e. The highest BCUT2D eigenvalue weighted by molar-refractivity contribution is 5.88. The molecule has 1 fully saturated rings. The molecule has 1 amide bonds. The zero-order valence-electron chi connectivity index (χ0n) is 8.53. The summed E-state index contributed by atoms with van der Waals surface area (Å²) in [6, 6.07) is -0.310. The van der Waals surface area contributed by atoms with Gasteiger partial charge in [-0.3, -0.25) is 9.59 Å². The predicted octanol–water partition coefficient (Wildman–Crippen LogP) is 0.000700. The molecule has 1 saturated heterocycles. The maximum Gasteiger partial charge on any atom is 0.305 e. The number of β-lactam (4-membered cyclic amide) rings is 1. The second kappa shape index (κ2) is 3.57. The quantitative estimate of drug-likeness (QED) is 0.628. The summed E-state index contributed by atoms with van der Waals surface area (Å²) in [5.74, 6) is -1.42. The molecule has 0 bridgehead atoms. The number of rotatable bonds is 4. The van der Waals surface area contributed by atoms with Gasteiger partial charge in [-0.1, -0.05) is 0 Å². The Balaban J connectivity index is 2.66. The van der Waals surface area contributed by atoms with Gasteiger partial charge < -0.3 is 15.2 Å². The van der Waals surface area contributed by atoms with Crippen LogP contribution in [0, 0.1) is 5.92 Å². The number of hydrogen-bond acceptors (Lipinski definition) is 3. The summed E-state index contributed by atoms with van der Waals surface area (Å²) in [4.78, 5) is 21.7. The fourth-order valence-electron chi connectivity index (χ4n) is 1.73. The Hall–Kier alpha value is -1.10. The molecule has 1 rings (SSSR count). The van der Waals surface area contributed by atoms with Crippen molar-refractivity contribution in [2.75, 3.05) is 7.11 Å². The van der Waals surface area contributed by atoms with Crippen molar-refractivity contribution in [3.8, 4) is 0 Å². The van der Waals surface area contributed by atoms with Crippen LogP contribution in [0.5, 0.6) is 0 Å². The van der Waals surface area contributed by atoms with Gasteiger partial charge in [0.15, 0.2) is 0 Å². The van der Waals surface area contributed by atoms with E-state index in [-0.39, 0.29) is 24.3 Å². The van der Waals surface area contributed by atoms with Crippen molar-refractivity contribution in [2.45, 2.75) is 31.9 Å². The van der Waals surface area contributed by atoms with Crippen LogP contribution in [-0.4, -0.2) is 35.7 Å². The minimum absolute atomic E-state index is 0.0524. The standard InChI is InChI=1S/C9H15NO4/c1-9(2,14-3)7-5(4-6(11)12)10-8(7)13/h5,7H,4H2,1-3H3,(H,10,13)(H,11,12)/t5-,7-/m1/s1. The van der Waals surface area contributed by atoms with E-state index in [4.69, 9.17) is 9.84 Å². The van der Waals surface area contributed by atoms with Gasteiger partial charge in [-0.2, -0.15) is 0 Å². The van der Waals surface area contributed by atoms with Crippen molar-refractivity contribution < 1.29 is 19.4 Å². The molecule has 2 atom stereocenters. The molecule has 1 aliphatic rings. The summed E-state index contributed by atoms with van der Waals surface area (Å²) >= 11 is 0. The molecule has 80 valence electrons. The number of aliphatic carboxylic acids is 1. The highest BCUT2D eigenvalue weighted by Gasteiger charge is 2.49. The third-order valence-corrected chi connectivity index (χ3v) is 2.68. The Morgan fingerprint density at radius 2 is 2.21 bits per heavy atom. The molecule has 5 nitrogen and oxygen atoms in total. The van der Waals surface area contributed by atoms with Crippen molar-refractivity contribution in [1.82, 2.24) is 5.32 Å². The van der Waals surface area contributed by atoms with Crippen molar-refractivity contribution in [2.24, 2.45) is 5.92 Å². The molecular formula is C9H15NO4. The number of carboxylic acid groups (broad SMARTS) is 1. The van der Waals surface area contributed by atoms with Crippen molar-refractivity contribution in [1.29, 1.82) is 0 Å². The average molecular weight is 201 g/mol. The molecule has 0 aromatic rings. The van der Waals surface area contributed by atoms with E-state index in [9.17, 15) is 9.59 Å².